The Labute approximate surface area is 170 Å². The molecule has 0 aliphatic rings. The molecule has 0 bridgehead atoms. The number of aryl methyl sites for hydroxylation is 1. The first-order valence-electron chi connectivity index (χ1n) is 8.91. The van der Waals surface area contributed by atoms with Gasteiger partial charge < -0.3 is 10.1 Å². The minimum absolute atomic E-state index is 0.142. The van der Waals surface area contributed by atoms with Crippen LogP contribution in [-0.4, -0.2) is 26.9 Å². The third-order valence-corrected chi connectivity index (χ3v) is 5.23. The van der Waals surface area contributed by atoms with Crippen molar-refractivity contribution >= 4 is 33.3 Å². The zero-order chi connectivity index (χ0) is 20.4. The maximum Gasteiger partial charge on any atom is 0.273 e. The summed E-state index contributed by atoms with van der Waals surface area (Å²) in [6, 6.07) is 14.9. The first-order valence-corrected chi connectivity index (χ1v) is 9.68. The first-order chi connectivity index (χ1) is 14.0. The Morgan fingerprint density at radius 1 is 1.21 bits per heavy atom. The van der Waals surface area contributed by atoms with Gasteiger partial charge in [0, 0.05) is 17.3 Å². The Balaban J connectivity index is 1.59. The molecule has 0 aliphatic carbocycles. The maximum atomic E-state index is 12.8. The molecule has 29 heavy (non-hydrogen) atoms. The van der Waals surface area contributed by atoms with Crippen LogP contribution in [0.4, 0.5) is 5.69 Å². The van der Waals surface area contributed by atoms with Crippen LogP contribution < -0.4 is 15.6 Å². The van der Waals surface area contributed by atoms with E-state index in [0.29, 0.717) is 27.3 Å². The van der Waals surface area contributed by atoms with E-state index < -0.39 is 0 Å². The first kappa shape index (κ1) is 18.8. The van der Waals surface area contributed by atoms with E-state index in [1.165, 1.54) is 10.9 Å². The molecule has 4 rings (SSSR count). The Morgan fingerprint density at radius 3 is 2.83 bits per heavy atom. The number of ether oxygens (including phenoxy) is 1. The quantitative estimate of drug-likeness (QED) is 0.548. The molecule has 8 heteroatoms. The average molecular weight is 406 g/mol. The molecule has 7 nitrogen and oxygen atoms in total. The summed E-state index contributed by atoms with van der Waals surface area (Å²) in [4.78, 5) is 29.6. The van der Waals surface area contributed by atoms with E-state index in [9.17, 15) is 9.59 Å². The van der Waals surface area contributed by atoms with Gasteiger partial charge in [0.25, 0.3) is 5.56 Å². The summed E-state index contributed by atoms with van der Waals surface area (Å²) in [6.45, 7) is 1.86. The largest absolute Gasteiger partial charge is 0.497 e. The van der Waals surface area contributed by atoms with Crippen LogP contribution in [-0.2, 0) is 11.3 Å². The molecule has 4 aromatic rings. The number of benzene rings is 2. The number of carbonyl (C=O) groups excluding carboxylic acids is 1. The lowest BCUT2D eigenvalue weighted by molar-refractivity contribution is -0.116. The van der Waals surface area contributed by atoms with E-state index >= 15 is 0 Å². The molecule has 0 unspecified atom stereocenters. The van der Waals surface area contributed by atoms with Gasteiger partial charge in [0.15, 0.2) is 0 Å². The van der Waals surface area contributed by atoms with Crippen LogP contribution in [0.15, 0.2) is 59.7 Å². The number of amides is 1. The van der Waals surface area contributed by atoms with E-state index in [4.69, 9.17) is 4.74 Å². The Kier molecular flexibility index (Phi) is 5.09. The van der Waals surface area contributed by atoms with Crippen LogP contribution >= 0.6 is 11.5 Å². The number of rotatable bonds is 5. The van der Waals surface area contributed by atoms with Crippen molar-refractivity contribution in [2.24, 2.45) is 0 Å². The van der Waals surface area contributed by atoms with Crippen LogP contribution in [0, 0.1) is 6.92 Å². The van der Waals surface area contributed by atoms with Gasteiger partial charge in [-0.05, 0) is 36.7 Å². The molecule has 0 spiro atoms. The highest BCUT2D eigenvalue weighted by Gasteiger charge is 2.15. The van der Waals surface area contributed by atoms with Crippen molar-refractivity contribution in [1.29, 1.82) is 0 Å². The maximum absolute atomic E-state index is 12.8. The van der Waals surface area contributed by atoms with Crippen molar-refractivity contribution in [1.82, 2.24) is 13.9 Å². The SMILES string of the molecule is COc1cccc(NC(=O)Cn2cnc3c(-c4cccc(C)c4)nsc3c2=O)c1. The molecule has 146 valence electrons. The lowest BCUT2D eigenvalue weighted by Gasteiger charge is -2.08. The standard InChI is InChI=1S/C21H18N4O3S/c1-13-5-3-6-14(9-13)18-19-20(29-24-18)21(27)25(12-22-19)11-17(26)23-15-7-4-8-16(10-15)28-2/h3-10,12H,11H2,1-2H3,(H,23,26). The van der Waals surface area contributed by atoms with Gasteiger partial charge in [-0.1, -0.05) is 29.8 Å². The Hall–Kier alpha value is -3.52. The van der Waals surface area contributed by atoms with Crippen molar-refractivity contribution < 1.29 is 9.53 Å². The van der Waals surface area contributed by atoms with Crippen molar-refractivity contribution in [3.05, 3.63) is 70.8 Å². The highest BCUT2D eigenvalue weighted by Crippen LogP contribution is 2.27. The molecule has 0 radical (unpaired) electrons. The van der Waals surface area contributed by atoms with Gasteiger partial charge in [-0.3, -0.25) is 14.2 Å². The average Bonchev–Trinajstić information content (AvgIpc) is 3.15. The highest BCUT2D eigenvalue weighted by atomic mass is 32.1. The number of anilines is 1. The fraction of sp³-hybridized carbons (Fsp3) is 0.143. The van der Waals surface area contributed by atoms with E-state index in [-0.39, 0.29) is 18.0 Å². The second-order valence-corrected chi connectivity index (χ2v) is 7.31. The number of nitrogens with one attached hydrogen (secondary N) is 1. The molecule has 1 amide bonds. The summed E-state index contributed by atoms with van der Waals surface area (Å²) in [5, 5.41) is 2.76. The smallest absolute Gasteiger partial charge is 0.273 e. The van der Waals surface area contributed by atoms with Gasteiger partial charge >= 0.3 is 0 Å². The van der Waals surface area contributed by atoms with Crippen LogP contribution in [0.2, 0.25) is 0 Å². The number of hydrogen-bond donors (Lipinski definition) is 1. The number of nitrogens with zero attached hydrogens (tertiary/aromatic N) is 3. The molecule has 0 atom stereocenters. The lowest BCUT2D eigenvalue weighted by atomic mass is 10.1. The third-order valence-electron chi connectivity index (χ3n) is 4.41. The zero-order valence-electron chi connectivity index (χ0n) is 15.9. The summed E-state index contributed by atoms with van der Waals surface area (Å²) in [6.07, 6.45) is 1.39. The van der Waals surface area contributed by atoms with Crippen molar-refractivity contribution in [2.45, 2.75) is 13.5 Å². The topological polar surface area (TPSA) is 86.1 Å². The van der Waals surface area contributed by atoms with Gasteiger partial charge in [0.05, 0.1) is 13.4 Å². The third kappa shape index (κ3) is 3.88. The number of hydrogen-bond acceptors (Lipinski definition) is 6. The summed E-state index contributed by atoms with van der Waals surface area (Å²) in [7, 11) is 1.56. The predicted octanol–water partition coefficient (Wildman–Crippen LogP) is 3.48. The Morgan fingerprint density at radius 2 is 2.03 bits per heavy atom. The lowest BCUT2D eigenvalue weighted by Crippen LogP contribution is -2.27. The summed E-state index contributed by atoms with van der Waals surface area (Å²) in [5.41, 5.74) is 3.56. The minimum Gasteiger partial charge on any atom is -0.497 e. The van der Waals surface area contributed by atoms with E-state index in [0.717, 1.165) is 22.7 Å². The van der Waals surface area contributed by atoms with E-state index in [1.54, 1.807) is 31.4 Å². The van der Waals surface area contributed by atoms with Crippen LogP contribution in [0.5, 0.6) is 5.75 Å². The second kappa shape index (κ2) is 7.84. The molecular formula is C21H18N4O3S. The van der Waals surface area contributed by atoms with Gasteiger partial charge in [-0.15, -0.1) is 0 Å². The summed E-state index contributed by atoms with van der Waals surface area (Å²) in [5.74, 6) is 0.307. The minimum atomic E-state index is -0.329. The van der Waals surface area contributed by atoms with E-state index in [1.807, 2.05) is 31.2 Å². The van der Waals surface area contributed by atoms with Crippen molar-refractivity contribution in [2.75, 3.05) is 12.4 Å². The Bertz CT molecular complexity index is 1260. The molecular weight excluding hydrogens is 388 g/mol. The second-order valence-electron chi connectivity index (χ2n) is 6.54. The van der Waals surface area contributed by atoms with Crippen LogP contribution in [0.3, 0.4) is 0 Å². The molecule has 1 N–H and O–H groups in total. The van der Waals surface area contributed by atoms with Crippen molar-refractivity contribution in [3.63, 3.8) is 0 Å². The number of carbonyl (C=O) groups is 1. The molecule has 0 saturated carbocycles. The van der Waals surface area contributed by atoms with Gasteiger partial charge in [-0.2, -0.15) is 4.37 Å². The van der Waals surface area contributed by atoms with Gasteiger partial charge in [0.2, 0.25) is 5.91 Å². The number of aromatic nitrogens is 3. The molecule has 2 heterocycles. The predicted molar refractivity (Wildman–Crippen MR) is 113 cm³/mol. The number of methoxy groups -OCH3 is 1. The highest BCUT2D eigenvalue weighted by molar-refractivity contribution is 7.13. The monoisotopic (exact) mass is 406 g/mol. The molecule has 0 saturated heterocycles. The van der Waals surface area contributed by atoms with Gasteiger partial charge in [0.1, 0.15) is 28.2 Å². The van der Waals surface area contributed by atoms with E-state index in [2.05, 4.69) is 14.7 Å². The molecule has 0 fully saturated rings. The fourth-order valence-corrected chi connectivity index (χ4v) is 3.81. The van der Waals surface area contributed by atoms with Crippen LogP contribution in [0.25, 0.3) is 21.5 Å². The summed E-state index contributed by atoms with van der Waals surface area (Å²) < 4.78 is 11.3. The number of fused-ring (bicyclic) bond motifs is 1. The molecule has 2 aromatic carbocycles. The zero-order valence-corrected chi connectivity index (χ0v) is 16.7. The fourth-order valence-electron chi connectivity index (χ4n) is 3.01. The molecule has 2 aromatic heterocycles. The molecule has 0 aliphatic heterocycles. The normalized spacial score (nSPS) is 10.8. The summed E-state index contributed by atoms with van der Waals surface area (Å²) >= 11 is 1.10. The van der Waals surface area contributed by atoms with Gasteiger partial charge in [-0.25, -0.2) is 4.98 Å². The van der Waals surface area contributed by atoms with Crippen LogP contribution in [0.1, 0.15) is 5.56 Å². The van der Waals surface area contributed by atoms with Crippen molar-refractivity contribution in [3.8, 4) is 17.0 Å².